The molecule has 1 unspecified atom stereocenters. The van der Waals surface area contributed by atoms with Gasteiger partial charge in [0.15, 0.2) is 0 Å². The minimum absolute atomic E-state index is 0.166. The van der Waals surface area contributed by atoms with Gasteiger partial charge in [-0.3, -0.25) is 0 Å². The van der Waals surface area contributed by atoms with Gasteiger partial charge in [-0.15, -0.1) is 0 Å². The smallest absolute Gasteiger partial charge is 0.122 e. The van der Waals surface area contributed by atoms with Crippen molar-refractivity contribution >= 4 is 0 Å². The standard InChI is InChI=1S/C11H16O2/c1-8-6-4-5-7-11(8)13-10(3)9(2)12/h4-7,9-10,12H,1-3H3/t9-,10?/m1/s1. The van der Waals surface area contributed by atoms with Crippen molar-refractivity contribution in [3.63, 3.8) is 0 Å². The van der Waals surface area contributed by atoms with E-state index in [2.05, 4.69) is 0 Å². The summed E-state index contributed by atoms with van der Waals surface area (Å²) in [6.07, 6.45) is -0.610. The molecule has 2 atom stereocenters. The van der Waals surface area contributed by atoms with Crippen molar-refractivity contribution in [2.24, 2.45) is 0 Å². The molecule has 13 heavy (non-hydrogen) atoms. The van der Waals surface area contributed by atoms with E-state index < -0.39 is 6.10 Å². The Morgan fingerprint density at radius 3 is 2.38 bits per heavy atom. The number of aryl methyl sites for hydroxylation is 1. The molecule has 0 fully saturated rings. The lowest BCUT2D eigenvalue weighted by Crippen LogP contribution is -2.25. The molecule has 2 nitrogen and oxygen atoms in total. The molecule has 0 aliphatic heterocycles. The fourth-order valence-corrected chi connectivity index (χ4v) is 0.987. The van der Waals surface area contributed by atoms with E-state index in [1.54, 1.807) is 6.92 Å². The molecule has 0 spiro atoms. The third-order valence-electron chi connectivity index (χ3n) is 2.09. The Kier molecular flexibility index (Phi) is 3.32. The summed E-state index contributed by atoms with van der Waals surface area (Å²) in [4.78, 5) is 0. The highest BCUT2D eigenvalue weighted by Crippen LogP contribution is 2.18. The second kappa shape index (κ2) is 4.28. The van der Waals surface area contributed by atoms with Crippen LogP contribution in [0.15, 0.2) is 24.3 Å². The van der Waals surface area contributed by atoms with E-state index in [1.807, 2.05) is 38.1 Å². The molecule has 2 heteroatoms. The second-order valence-corrected chi connectivity index (χ2v) is 3.33. The van der Waals surface area contributed by atoms with E-state index in [9.17, 15) is 5.11 Å². The number of hydrogen-bond donors (Lipinski definition) is 1. The van der Waals surface area contributed by atoms with Crippen molar-refractivity contribution in [1.82, 2.24) is 0 Å². The number of para-hydroxylation sites is 1. The van der Waals surface area contributed by atoms with Crippen LogP contribution >= 0.6 is 0 Å². The summed E-state index contributed by atoms with van der Waals surface area (Å²) in [6, 6.07) is 7.80. The highest BCUT2D eigenvalue weighted by Gasteiger charge is 2.10. The molecule has 72 valence electrons. The third-order valence-corrected chi connectivity index (χ3v) is 2.09. The molecule has 0 amide bonds. The molecule has 0 aromatic heterocycles. The van der Waals surface area contributed by atoms with Gasteiger partial charge in [0.25, 0.3) is 0 Å². The maximum atomic E-state index is 9.25. The van der Waals surface area contributed by atoms with Crippen LogP contribution in [0.3, 0.4) is 0 Å². The van der Waals surface area contributed by atoms with Gasteiger partial charge in [-0.25, -0.2) is 0 Å². The van der Waals surface area contributed by atoms with Crippen LogP contribution < -0.4 is 4.74 Å². The molecular weight excluding hydrogens is 164 g/mol. The Balaban J connectivity index is 2.69. The van der Waals surface area contributed by atoms with Gasteiger partial charge in [-0.1, -0.05) is 18.2 Å². The predicted molar refractivity (Wildman–Crippen MR) is 52.9 cm³/mol. The largest absolute Gasteiger partial charge is 0.488 e. The van der Waals surface area contributed by atoms with Gasteiger partial charge < -0.3 is 9.84 Å². The van der Waals surface area contributed by atoms with Crippen LogP contribution in [0.2, 0.25) is 0 Å². The summed E-state index contributed by atoms with van der Waals surface area (Å²) >= 11 is 0. The monoisotopic (exact) mass is 180 g/mol. The molecule has 0 radical (unpaired) electrons. The van der Waals surface area contributed by atoms with Crippen molar-refractivity contribution in [1.29, 1.82) is 0 Å². The molecule has 0 saturated carbocycles. The molecule has 1 N–H and O–H groups in total. The number of aliphatic hydroxyl groups is 1. The molecule has 0 aliphatic carbocycles. The first-order valence-corrected chi connectivity index (χ1v) is 4.51. The summed E-state index contributed by atoms with van der Waals surface area (Å²) in [6.45, 7) is 5.57. The Hall–Kier alpha value is -1.02. The van der Waals surface area contributed by atoms with Crippen LogP contribution in [0.4, 0.5) is 0 Å². The average molecular weight is 180 g/mol. The van der Waals surface area contributed by atoms with Crippen LogP contribution in [0.1, 0.15) is 19.4 Å². The summed E-state index contributed by atoms with van der Waals surface area (Å²) < 4.78 is 5.56. The van der Waals surface area contributed by atoms with E-state index in [-0.39, 0.29) is 6.10 Å². The van der Waals surface area contributed by atoms with Crippen molar-refractivity contribution in [2.75, 3.05) is 0 Å². The average Bonchev–Trinajstić information content (AvgIpc) is 2.08. The normalized spacial score (nSPS) is 15.1. The van der Waals surface area contributed by atoms with E-state index in [0.29, 0.717) is 0 Å². The van der Waals surface area contributed by atoms with E-state index >= 15 is 0 Å². The maximum Gasteiger partial charge on any atom is 0.122 e. The zero-order valence-electron chi connectivity index (χ0n) is 8.32. The lowest BCUT2D eigenvalue weighted by atomic mass is 10.2. The molecule has 0 aliphatic rings. The number of aliphatic hydroxyl groups excluding tert-OH is 1. The number of ether oxygens (including phenoxy) is 1. The number of hydrogen-bond acceptors (Lipinski definition) is 2. The Labute approximate surface area is 79.2 Å². The molecular formula is C11H16O2. The Bertz CT molecular complexity index is 269. The molecule has 1 rings (SSSR count). The van der Waals surface area contributed by atoms with Crippen LogP contribution in [-0.2, 0) is 0 Å². The van der Waals surface area contributed by atoms with Crippen molar-refractivity contribution < 1.29 is 9.84 Å². The van der Waals surface area contributed by atoms with Gasteiger partial charge in [0.2, 0.25) is 0 Å². The first-order valence-electron chi connectivity index (χ1n) is 4.51. The third kappa shape index (κ3) is 2.74. The van der Waals surface area contributed by atoms with Gasteiger partial charge in [0, 0.05) is 0 Å². The maximum absolute atomic E-state index is 9.25. The summed E-state index contributed by atoms with van der Waals surface area (Å²) in [7, 11) is 0. The SMILES string of the molecule is Cc1ccccc1OC(C)[C@@H](C)O. The molecule has 0 saturated heterocycles. The predicted octanol–water partition coefficient (Wildman–Crippen LogP) is 2.14. The topological polar surface area (TPSA) is 29.5 Å². The summed E-state index contributed by atoms with van der Waals surface area (Å²) in [5, 5.41) is 9.25. The number of rotatable bonds is 3. The van der Waals surface area contributed by atoms with Gasteiger partial charge in [-0.2, -0.15) is 0 Å². The zero-order chi connectivity index (χ0) is 9.84. The first kappa shape index (κ1) is 10.1. The molecule has 0 heterocycles. The fraction of sp³-hybridized carbons (Fsp3) is 0.455. The van der Waals surface area contributed by atoms with Crippen molar-refractivity contribution in [3.8, 4) is 5.75 Å². The minimum Gasteiger partial charge on any atom is -0.488 e. The lowest BCUT2D eigenvalue weighted by Gasteiger charge is -2.18. The zero-order valence-corrected chi connectivity index (χ0v) is 8.32. The Morgan fingerprint density at radius 1 is 1.23 bits per heavy atom. The Morgan fingerprint density at radius 2 is 1.85 bits per heavy atom. The van der Waals surface area contributed by atoms with E-state index in [1.165, 1.54) is 0 Å². The van der Waals surface area contributed by atoms with Crippen LogP contribution in [-0.4, -0.2) is 17.3 Å². The van der Waals surface area contributed by atoms with Crippen molar-refractivity contribution in [2.45, 2.75) is 33.0 Å². The highest BCUT2D eigenvalue weighted by atomic mass is 16.5. The van der Waals surface area contributed by atoms with E-state index in [4.69, 9.17) is 4.74 Å². The second-order valence-electron chi connectivity index (χ2n) is 3.33. The molecule has 1 aromatic rings. The minimum atomic E-state index is -0.445. The fourth-order valence-electron chi connectivity index (χ4n) is 0.987. The van der Waals surface area contributed by atoms with Gasteiger partial charge in [-0.05, 0) is 32.4 Å². The van der Waals surface area contributed by atoms with Gasteiger partial charge in [0.1, 0.15) is 11.9 Å². The number of benzene rings is 1. The summed E-state index contributed by atoms with van der Waals surface area (Å²) in [5.41, 5.74) is 1.09. The van der Waals surface area contributed by atoms with Crippen molar-refractivity contribution in [3.05, 3.63) is 29.8 Å². The van der Waals surface area contributed by atoms with Gasteiger partial charge >= 0.3 is 0 Å². The molecule has 1 aromatic carbocycles. The summed E-state index contributed by atoms with van der Waals surface area (Å²) in [5.74, 6) is 0.843. The highest BCUT2D eigenvalue weighted by molar-refractivity contribution is 5.31. The van der Waals surface area contributed by atoms with Gasteiger partial charge in [0.05, 0.1) is 6.10 Å². The van der Waals surface area contributed by atoms with Crippen LogP contribution in [0, 0.1) is 6.92 Å². The quantitative estimate of drug-likeness (QED) is 0.772. The van der Waals surface area contributed by atoms with E-state index in [0.717, 1.165) is 11.3 Å². The lowest BCUT2D eigenvalue weighted by molar-refractivity contribution is 0.0600. The van der Waals surface area contributed by atoms with Crippen LogP contribution in [0.25, 0.3) is 0 Å². The molecule has 0 bridgehead atoms. The van der Waals surface area contributed by atoms with Crippen LogP contribution in [0.5, 0.6) is 5.75 Å². The first-order chi connectivity index (χ1) is 6.11.